The first-order chi connectivity index (χ1) is 11.2. The van der Waals surface area contributed by atoms with Gasteiger partial charge in [-0.1, -0.05) is 0 Å². The van der Waals surface area contributed by atoms with Crippen molar-refractivity contribution in [1.82, 2.24) is 15.1 Å². The molecule has 3 rings (SSSR count). The van der Waals surface area contributed by atoms with Gasteiger partial charge in [-0.2, -0.15) is 18.6 Å². The van der Waals surface area contributed by atoms with Crippen molar-refractivity contribution in [3.05, 3.63) is 46.8 Å². The topological polar surface area (TPSA) is 58.2 Å². The summed E-state index contributed by atoms with van der Waals surface area (Å²) >= 11 is 0. The Morgan fingerprint density at radius 3 is 2.67 bits per heavy atom. The summed E-state index contributed by atoms with van der Waals surface area (Å²) in [7, 11) is 0. The van der Waals surface area contributed by atoms with Gasteiger partial charge in [-0.05, 0) is 63.1 Å². The van der Waals surface area contributed by atoms with Gasteiger partial charge in [0.2, 0.25) is 0 Å². The third-order valence-corrected chi connectivity index (χ3v) is 4.38. The number of benzene rings is 1. The second-order valence-corrected chi connectivity index (χ2v) is 6.06. The lowest BCUT2D eigenvalue weighted by Gasteiger charge is -2.20. The van der Waals surface area contributed by atoms with Crippen molar-refractivity contribution >= 4 is 13.5 Å². The second kappa shape index (κ2) is 8.89. The maximum absolute atomic E-state index is 11.0. The summed E-state index contributed by atoms with van der Waals surface area (Å²) in [6.07, 6.45) is 3.69. The molecule has 1 fully saturated rings. The Morgan fingerprint density at radius 1 is 1.25 bits per heavy atom. The molecule has 130 valence electrons. The molecule has 1 aromatic carbocycles. The van der Waals surface area contributed by atoms with Gasteiger partial charge in [-0.15, -0.1) is 0 Å². The quantitative estimate of drug-likeness (QED) is 0.817. The van der Waals surface area contributed by atoms with Crippen LogP contribution in [-0.2, 0) is 0 Å². The minimum atomic E-state index is -0.193. The van der Waals surface area contributed by atoms with Gasteiger partial charge < -0.3 is 9.64 Å². The van der Waals surface area contributed by atoms with Crippen LogP contribution in [0.5, 0.6) is 5.75 Å². The molecule has 0 amide bonds. The molecule has 1 N–H and O–H groups in total. The lowest BCUT2D eigenvalue weighted by Crippen LogP contribution is -2.28. The lowest BCUT2D eigenvalue weighted by molar-refractivity contribution is 0.230. The van der Waals surface area contributed by atoms with Crippen molar-refractivity contribution in [3.8, 4) is 17.0 Å². The van der Waals surface area contributed by atoms with E-state index < -0.39 is 0 Å². The fourth-order valence-electron chi connectivity index (χ4n) is 3.01. The van der Waals surface area contributed by atoms with Crippen molar-refractivity contribution in [2.24, 2.45) is 0 Å². The molecule has 1 aliphatic rings. The highest BCUT2D eigenvalue weighted by atomic mass is 32.1. The molecular formula is C18H25N3O2S. The van der Waals surface area contributed by atoms with Crippen molar-refractivity contribution in [1.29, 1.82) is 0 Å². The van der Waals surface area contributed by atoms with Crippen LogP contribution in [0.1, 0.15) is 26.2 Å². The molecule has 24 heavy (non-hydrogen) atoms. The van der Waals surface area contributed by atoms with Crippen LogP contribution in [0.25, 0.3) is 11.3 Å². The normalized spacial score (nSPS) is 17.5. The van der Waals surface area contributed by atoms with Crippen molar-refractivity contribution in [2.45, 2.75) is 32.2 Å². The average molecular weight is 347 g/mol. The van der Waals surface area contributed by atoms with Gasteiger partial charge in [0.1, 0.15) is 5.75 Å². The molecule has 0 bridgehead atoms. The third-order valence-electron chi connectivity index (χ3n) is 4.38. The van der Waals surface area contributed by atoms with E-state index in [1.807, 2.05) is 24.3 Å². The molecule has 0 spiro atoms. The van der Waals surface area contributed by atoms with Crippen LogP contribution >= 0.6 is 13.5 Å². The van der Waals surface area contributed by atoms with E-state index in [2.05, 4.69) is 22.0 Å². The number of aromatic amines is 1. The van der Waals surface area contributed by atoms with E-state index in [9.17, 15) is 4.79 Å². The summed E-state index contributed by atoms with van der Waals surface area (Å²) in [5, 5.41) is 6.46. The fraction of sp³-hybridized carbons (Fsp3) is 0.444. The number of likely N-dealkylation sites (tertiary alicyclic amines) is 1. The van der Waals surface area contributed by atoms with Gasteiger partial charge in [-0.25, -0.2) is 5.10 Å². The van der Waals surface area contributed by atoms with Gasteiger partial charge in [0.15, 0.2) is 0 Å². The Bertz CT molecular complexity index is 667. The van der Waals surface area contributed by atoms with Crippen LogP contribution in [0.4, 0.5) is 0 Å². The summed E-state index contributed by atoms with van der Waals surface area (Å²) in [5.41, 5.74) is 1.51. The number of ether oxygens (including phenoxy) is 1. The molecule has 0 saturated carbocycles. The monoisotopic (exact) mass is 347 g/mol. The van der Waals surface area contributed by atoms with Crippen LogP contribution < -0.4 is 10.3 Å². The van der Waals surface area contributed by atoms with Crippen LogP contribution in [0.3, 0.4) is 0 Å². The average Bonchev–Trinajstić information content (AvgIpc) is 2.98. The number of H-pyrrole nitrogens is 1. The number of nitrogens with one attached hydrogen (secondary N) is 1. The summed E-state index contributed by atoms with van der Waals surface area (Å²) in [6.45, 7) is 5.37. The van der Waals surface area contributed by atoms with Crippen molar-refractivity contribution in [3.63, 3.8) is 0 Å². The Morgan fingerprint density at radius 2 is 2.04 bits per heavy atom. The lowest BCUT2D eigenvalue weighted by atomic mass is 10.1. The zero-order valence-electron chi connectivity index (χ0n) is 14.0. The Kier molecular flexibility index (Phi) is 6.87. The molecule has 1 saturated heterocycles. The highest BCUT2D eigenvalue weighted by Gasteiger charge is 2.18. The minimum absolute atomic E-state index is 0. The number of aromatic nitrogens is 2. The molecule has 0 radical (unpaired) electrons. The van der Waals surface area contributed by atoms with E-state index in [-0.39, 0.29) is 19.1 Å². The maximum Gasteiger partial charge on any atom is 0.264 e. The number of nitrogens with zero attached hydrogens (tertiary/aromatic N) is 2. The third kappa shape index (κ3) is 4.85. The highest BCUT2D eigenvalue weighted by Crippen LogP contribution is 2.20. The first kappa shape index (κ1) is 18.5. The summed E-state index contributed by atoms with van der Waals surface area (Å²) in [4.78, 5) is 13.6. The summed E-state index contributed by atoms with van der Waals surface area (Å²) in [5.74, 6) is 0.868. The zero-order valence-corrected chi connectivity index (χ0v) is 15.0. The molecule has 6 heteroatoms. The molecule has 1 atom stereocenters. The highest BCUT2D eigenvalue weighted by molar-refractivity contribution is 7.59. The van der Waals surface area contributed by atoms with Gasteiger partial charge >= 0.3 is 0 Å². The predicted octanol–water partition coefficient (Wildman–Crippen LogP) is 2.80. The molecule has 1 aromatic heterocycles. The van der Waals surface area contributed by atoms with Crippen LogP contribution in [0.2, 0.25) is 0 Å². The first-order valence-electron chi connectivity index (χ1n) is 8.25. The van der Waals surface area contributed by atoms with E-state index in [1.54, 1.807) is 6.07 Å². The standard InChI is InChI=1S/C18H23N3O2.H2S/c1-14-4-2-11-21(14)12-3-13-23-16-7-5-15(6-8-16)17-9-10-18(22)20-19-17;/h5-10,14H,2-4,11-13H2,1H3,(H,20,22);1H2/t14-;/m0./s1. The summed E-state index contributed by atoms with van der Waals surface area (Å²) in [6, 6.07) is 11.7. The van der Waals surface area contributed by atoms with Crippen LogP contribution in [0.15, 0.2) is 41.2 Å². The Balaban J connectivity index is 0.00000208. The molecule has 5 nitrogen and oxygen atoms in total. The van der Waals surface area contributed by atoms with Gasteiger partial charge in [0, 0.05) is 24.2 Å². The Hall–Kier alpha value is -1.79. The van der Waals surface area contributed by atoms with Gasteiger partial charge in [0.05, 0.1) is 12.3 Å². The molecular weight excluding hydrogens is 322 g/mol. The second-order valence-electron chi connectivity index (χ2n) is 6.06. The number of hydrogen-bond acceptors (Lipinski definition) is 4. The van der Waals surface area contributed by atoms with Crippen molar-refractivity contribution in [2.75, 3.05) is 19.7 Å². The Labute approximate surface area is 149 Å². The SMILES string of the molecule is C[C@H]1CCCN1CCCOc1ccc(-c2ccc(=O)[nH]n2)cc1.S. The maximum atomic E-state index is 11.0. The molecule has 2 heterocycles. The zero-order chi connectivity index (χ0) is 16.1. The predicted molar refractivity (Wildman–Crippen MR) is 101 cm³/mol. The van der Waals surface area contributed by atoms with Crippen LogP contribution in [-0.4, -0.2) is 40.8 Å². The van der Waals surface area contributed by atoms with E-state index >= 15 is 0 Å². The molecule has 2 aromatic rings. The first-order valence-corrected chi connectivity index (χ1v) is 8.25. The largest absolute Gasteiger partial charge is 0.494 e. The van der Waals surface area contributed by atoms with Crippen LogP contribution in [0, 0.1) is 0 Å². The fourth-order valence-corrected chi connectivity index (χ4v) is 3.01. The number of hydrogen-bond donors (Lipinski definition) is 1. The van der Waals surface area contributed by atoms with E-state index in [1.165, 1.54) is 25.5 Å². The minimum Gasteiger partial charge on any atom is -0.494 e. The molecule has 0 aliphatic carbocycles. The molecule has 0 unspecified atom stereocenters. The smallest absolute Gasteiger partial charge is 0.264 e. The van der Waals surface area contributed by atoms with Gasteiger partial charge in [-0.3, -0.25) is 4.79 Å². The van der Waals surface area contributed by atoms with E-state index in [4.69, 9.17) is 4.74 Å². The van der Waals surface area contributed by atoms with E-state index in [0.717, 1.165) is 42.6 Å². The summed E-state index contributed by atoms with van der Waals surface area (Å²) < 4.78 is 5.81. The number of rotatable bonds is 6. The van der Waals surface area contributed by atoms with Gasteiger partial charge in [0.25, 0.3) is 5.56 Å². The molecule has 1 aliphatic heterocycles. The van der Waals surface area contributed by atoms with E-state index in [0.29, 0.717) is 0 Å². The van der Waals surface area contributed by atoms with Crippen molar-refractivity contribution < 1.29 is 4.74 Å².